The summed E-state index contributed by atoms with van der Waals surface area (Å²) >= 11 is 0. The number of hydrogen-bond acceptors (Lipinski definition) is 5. The molecule has 2 amide bonds. The van der Waals surface area contributed by atoms with E-state index in [-0.39, 0.29) is 11.4 Å². The molecule has 0 unspecified atom stereocenters. The molecule has 0 aliphatic rings. The molecular formula is C9H8N6O2. The zero-order chi connectivity index (χ0) is 12.3. The lowest BCUT2D eigenvalue weighted by molar-refractivity contribution is 0.100. The summed E-state index contributed by atoms with van der Waals surface area (Å²) in [7, 11) is 0. The van der Waals surface area contributed by atoms with Gasteiger partial charge in [0.25, 0.3) is 17.6 Å². The Labute approximate surface area is 95.2 Å². The number of anilines is 1. The van der Waals surface area contributed by atoms with Gasteiger partial charge in [-0.2, -0.15) is 5.21 Å². The molecule has 86 valence electrons. The zero-order valence-corrected chi connectivity index (χ0v) is 8.54. The molecule has 2 aromatic rings. The molecule has 0 aliphatic carbocycles. The van der Waals surface area contributed by atoms with Crippen LogP contribution in [0.4, 0.5) is 5.69 Å². The van der Waals surface area contributed by atoms with Crippen LogP contribution in [-0.2, 0) is 0 Å². The number of tetrazole rings is 1. The van der Waals surface area contributed by atoms with Gasteiger partial charge >= 0.3 is 0 Å². The molecule has 8 heteroatoms. The lowest BCUT2D eigenvalue weighted by Crippen LogP contribution is -2.19. The summed E-state index contributed by atoms with van der Waals surface area (Å²) in [4.78, 5) is 22.7. The van der Waals surface area contributed by atoms with Crippen LogP contribution in [0.2, 0.25) is 0 Å². The Balaban J connectivity index is 2.25. The number of aromatic amines is 1. The molecule has 0 atom stereocenters. The van der Waals surface area contributed by atoms with Gasteiger partial charge in [-0.15, -0.1) is 10.2 Å². The number of hydrogen-bond donors (Lipinski definition) is 3. The maximum absolute atomic E-state index is 11.6. The van der Waals surface area contributed by atoms with Crippen molar-refractivity contribution in [3.8, 4) is 0 Å². The molecule has 1 aromatic heterocycles. The number of carbonyl (C=O) groups excluding carboxylic acids is 2. The number of benzene rings is 1. The van der Waals surface area contributed by atoms with E-state index >= 15 is 0 Å². The summed E-state index contributed by atoms with van der Waals surface area (Å²) in [5, 5.41) is 14.9. The lowest BCUT2D eigenvalue weighted by Gasteiger charge is -2.06. The highest BCUT2D eigenvalue weighted by atomic mass is 16.2. The average Bonchev–Trinajstić information content (AvgIpc) is 2.83. The summed E-state index contributed by atoms with van der Waals surface area (Å²) in [6.45, 7) is 0. The van der Waals surface area contributed by atoms with Crippen molar-refractivity contribution in [2.75, 3.05) is 5.32 Å². The zero-order valence-electron chi connectivity index (χ0n) is 8.54. The Morgan fingerprint density at radius 1 is 1.29 bits per heavy atom. The number of amides is 2. The molecule has 0 saturated heterocycles. The Bertz CT molecular complexity index is 550. The fourth-order valence-corrected chi connectivity index (χ4v) is 1.24. The van der Waals surface area contributed by atoms with Crippen molar-refractivity contribution in [3.05, 3.63) is 35.7 Å². The van der Waals surface area contributed by atoms with E-state index in [1.807, 2.05) is 0 Å². The SMILES string of the molecule is NC(=O)c1ccccc1NC(=O)c1nn[nH]n1. The molecule has 0 bridgehead atoms. The van der Waals surface area contributed by atoms with Gasteiger partial charge in [0, 0.05) is 0 Å². The number of rotatable bonds is 3. The van der Waals surface area contributed by atoms with Gasteiger partial charge in [-0.25, -0.2) is 0 Å². The number of nitrogens with two attached hydrogens (primary N) is 1. The number of H-pyrrole nitrogens is 1. The first-order chi connectivity index (χ1) is 8.18. The van der Waals surface area contributed by atoms with Crippen molar-refractivity contribution in [3.63, 3.8) is 0 Å². The summed E-state index contributed by atoms with van der Waals surface area (Å²) in [6.07, 6.45) is 0. The van der Waals surface area contributed by atoms with Gasteiger partial charge in [0.05, 0.1) is 11.3 Å². The number of aromatic nitrogens is 4. The Kier molecular flexibility index (Phi) is 2.77. The first kappa shape index (κ1) is 10.7. The van der Waals surface area contributed by atoms with Crippen LogP contribution in [-0.4, -0.2) is 32.4 Å². The summed E-state index contributed by atoms with van der Waals surface area (Å²) in [6, 6.07) is 6.37. The van der Waals surface area contributed by atoms with E-state index in [0.717, 1.165) is 0 Å². The molecule has 1 heterocycles. The molecular weight excluding hydrogens is 224 g/mol. The van der Waals surface area contributed by atoms with Gasteiger partial charge in [-0.1, -0.05) is 12.1 Å². The maximum Gasteiger partial charge on any atom is 0.297 e. The fraction of sp³-hybridized carbons (Fsp3) is 0. The van der Waals surface area contributed by atoms with E-state index in [2.05, 4.69) is 25.9 Å². The molecule has 2 rings (SSSR count). The number of primary amides is 1. The van der Waals surface area contributed by atoms with Crippen molar-refractivity contribution in [1.82, 2.24) is 20.6 Å². The largest absolute Gasteiger partial charge is 0.366 e. The summed E-state index contributed by atoms with van der Waals surface area (Å²) in [5.41, 5.74) is 5.68. The second-order valence-corrected chi connectivity index (χ2v) is 3.10. The standard InChI is InChI=1S/C9H8N6O2/c10-7(16)5-3-1-2-4-6(5)11-9(17)8-12-14-15-13-8/h1-4H,(H2,10,16)(H,11,17)(H,12,13,14,15). The number of nitrogens with zero attached hydrogens (tertiary/aromatic N) is 3. The van der Waals surface area contributed by atoms with Crippen molar-refractivity contribution >= 4 is 17.5 Å². The van der Waals surface area contributed by atoms with Crippen molar-refractivity contribution in [2.24, 2.45) is 5.73 Å². The van der Waals surface area contributed by atoms with Crippen LogP contribution in [0, 0.1) is 0 Å². The average molecular weight is 232 g/mol. The third-order valence-corrected chi connectivity index (χ3v) is 1.99. The van der Waals surface area contributed by atoms with Crippen LogP contribution in [0.15, 0.2) is 24.3 Å². The molecule has 0 saturated carbocycles. The highest BCUT2D eigenvalue weighted by Gasteiger charge is 2.14. The van der Waals surface area contributed by atoms with Gasteiger partial charge in [0.2, 0.25) is 0 Å². The maximum atomic E-state index is 11.6. The van der Waals surface area contributed by atoms with Crippen LogP contribution in [0.1, 0.15) is 21.0 Å². The highest BCUT2D eigenvalue weighted by molar-refractivity contribution is 6.06. The topological polar surface area (TPSA) is 127 Å². The van der Waals surface area contributed by atoms with E-state index in [4.69, 9.17) is 5.73 Å². The smallest absolute Gasteiger partial charge is 0.297 e. The lowest BCUT2D eigenvalue weighted by atomic mass is 10.1. The van der Waals surface area contributed by atoms with Gasteiger partial charge in [0.15, 0.2) is 0 Å². The monoisotopic (exact) mass is 232 g/mol. The number of carbonyl (C=O) groups is 2. The van der Waals surface area contributed by atoms with E-state index in [9.17, 15) is 9.59 Å². The molecule has 8 nitrogen and oxygen atoms in total. The molecule has 0 radical (unpaired) electrons. The minimum atomic E-state index is -0.631. The first-order valence-electron chi connectivity index (χ1n) is 4.62. The van der Waals surface area contributed by atoms with Crippen molar-refractivity contribution in [2.45, 2.75) is 0 Å². The first-order valence-corrected chi connectivity index (χ1v) is 4.62. The van der Waals surface area contributed by atoms with Gasteiger partial charge in [0.1, 0.15) is 0 Å². The Hall–Kier alpha value is -2.77. The highest BCUT2D eigenvalue weighted by Crippen LogP contribution is 2.14. The van der Waals surface area contributed by atoms with Crippen LogP contribution < -0.4 is 11.1 Å². The minimum Gasteiger partial charge on any atom is -0.366 e. The summed E-state index contributed by atoms with van der Waals surface area (Å²) < 4.78 is 0. The van der Waals surface area contributed by atoms with Gasteiger partial charge in [-0.3, -0.25) is 9.59 Å². The number of para-hydroxylation sites is 1. The summed E-state index contributed by atoms with van der Waals surface area (Å²) in [5.74, 6) is -1.33. The van der Waals surface area contributed by atoms with Crippen molar-refractivity contribution < 1.29 is 9.59 Å². The predicted octanol–water partition coefficient (Wildman–Crippen LogP) is -0.449. The fourth-order valence-electron chi connectivity index (χ4n) is 1.24. The molecule has 0 aliphatic heterocycles. The van der Waals surface area contributed by atoms with E-state index in [1.54, 1.807) is 18.2 Å². The van der Waals surface area contributed by atoms with Crippen LogP contribution >= 0.6 is 0 Å². The number of nitrogens with one attached hydrogen (secondary N) is 2. The second kappa shape index (κ2) is 4.39. The van der Waals surface area contributed by atoms with Crippen LogP contribution in [0.5, 0.6) is 0 Å². The molecule has 4 N–H and O–H groups in total. The molecule has 1 aromatic carbocycles. The van der Waals surface area contributed by atoms with Crippen LogP contribution in [0.3, 0.4) is 0 Å². The van der Waals surface area contributed by atoms with Gasteiger partial charge in [-0.05, 0) is 17.3 Å². The van der Waals surface area contributed by atoms with Gasteiger partial charge < -0.3 is 11.1 Å². The third-order valence-electron chi connectivity index (χ3n) is 1.99. The molecule has 0 spiro atoms. The predicted molar refractivity (Wildman–Crippen MR) is 57.1 cm³/mol. The van der Waals surface area contributed by atoms with Crippen LogP contribution in [0.25, 0.3) is 0 Å². The minimum absolute atomic E-state index is 0.121. The molecule has 17 heavy (non-hydrogen) atoms. The quantitative estimate of drug-likeness (QED) is 0.660. The Morgan fingerprint density at radius 2 is 2.06 bits per heavy atom. The second-order valence-electron chi connectivity index (χ2n) is 3.10. The van der Waals surface area contributed by atoms with E-state index in [0.29, 0.717) is 5.69 Å². The van der Waals surface area contributed by atoms with E-state index in [1.165, 1.54) is 6.07 Å². The normalized spacial score (nSPS) is 9.88. The molecule has 0 fully saturated rings. The Morgan fingerprint density at radius 3 is 2.71 bits per heavy atom. The van der Waals surface area contributed by atoms with E-state index < -0.39 is 11.8 Å². The third kappa shape index (κ3) is 2.25. The van der Waals surface area contributed by atoms with Crippen molar-refractivity contribution in [1.29, 1.82) is 0 Å².